The largest absolute Gasteiger partial charge is 0.486 e. The molecule has 0 spiro atoms. The fourth-order valence-electron chi connectivity index (χ4n) is 2.08. The van der Waals surface area contributed by atoms with Crippen molar-refractivity contribution in [2.75, 3.05) is 5.75 Å². The Balaban J connectivity index is 2.05. The number of hydrogen-bond donors (Lipinski definition) is 1. The second kappa shape index (κ2) is 8.54. The summed E-state index contributed by atoms with van der Waals surface area (Å²) in [6.07, 6.45) is 1.75. The van der Waals surface area contributed by atoms with Gasteiger partial charge in [0.15, 0.2) is 11.0 Å². The predicted octanol–water partition coefficient (Wildman–Crippen LogP) is 2.74. The number of primary amides is 1. The van der Waals surface area contributed by atoms with E-state index in [1.165, 1.54) is 17.3 Å². The maximum atomic E-state index is 10.9. The summed E-state index contributed by atoms with van der Waals surface area (Å²) in [6, 6.07) is 8.02. The third kappa shape index (κ3) is 4.86. The van der Waals surface area contributed by atoms with Crippen molar-refractivity contribution >= 4 is 17.7 Å². The number of ether oxygens (including phenoxy) is 1. The molecule has 1 heterocycles. The molecule has 0 fully saturated rings. The smallest absolute Gasteiger partial charge is 0.227 e. The highest BCUT2D eigenvalue weighted by Crippen LogP contribution is 2.21. The van der Waals surface area contributed by atoms with Crippen molar-refractivity contribution in [2.24, 2.45) is 5.73 Å². The van der Waals surface area contributed by atoms with Crippen LogP contribution in [0.5, 0.6) is 5.75 Å². The quantitative estimate of drug-likeness (QED) is 0.557. The van der Waals surface area contributed by atoms with Gasteiger partial charge in [0.05, 0.1) is 5.75 Å². The SMILES string of the molecule is C=CCn1c(COc2ccc(C(C)C)cc2)nnc1SCC(N)=O. The number of aromatic nitrogens is 3. The third-order valence-electron chi connectivity index (χ3n) is 3.36. The Morgan fingerprint density at radius 3 is 2.67 bits per heavy atom. The van der Waals surface area contributed by atoms with E-state index in [1.54, 1.807) is 6.08 Å². The summed E-state index contributed by atoms with van der Waals surface area (Å²) >= 11 is 1.25. The van der Waals surface area contributed by atoms with Crippen LogP contribution in [0.3, 0.4) is 0 Å². The van der Waals surface area contributed by atoms with Crippen LogP contribution in [0.2, 0.25) is 0 Å². The molecule has 2 N–H and O–H groups in total. The lowest BCUT2D eigenvalue weighted by molar-refractivity contribution is -0.115. The average Bonchev–Trinajstić information content (AvgIpc) is 2.94. The van der Waals surface area contributed by atoms with Crippen molar-refractivity contribution in [3.8, 4) is 5.75 Å². The van der Waals surface area contributed by atoms with Crippen LogP contribution < -0.4 is 10.5 Å². The van der Waals surface area contributed by atoms with Crippen molar-refractivity contribution in [3.05, 3.63) is 48.3 Å². The molecule has 1 aromatic carbocycles. The molecule has 0 aliphatic rings. The van der Waals surface area contributed by atoms with E-state index in [9.17, 15) is 4.79 Å². The summed E-state index contributed by atoms with van der Waals surface area (Å²) in [6.45, 7) is 8.87. The van der Waals surface area contributed by atoms with Gasteiger partial charge in [-0.15, -0.1) is 16.8 Å². The van der Waals surface area contributed by atoms with Crippen molar-refractivity contribution in [2.45, 2.75) is 38.1 Å². The number of carbonyl (C=O) groups is 1. The molecule has 0 bridgehead atoms. The highest BCUT2D eigenvalue weighted by molar-refractivity contribution is 7.99. The van der Waals surface area contributed by atoms with E-state index >= 15 is 0 Å². The zero-order valence-corrected chi connectivity index (χ0v) is 14.8. The topological polar surface area (TPSA) is 83.0 Å². The molecule has 0 saturated heterocycles. The number of thioether (sulfide) groups is 1. The number of rotatable bonds is 9. The van der Waals surface area contributed by atoms with Gasteiger partial charge in [-0.25, -0.2) is 0 Å². The first-order chi connectivity index (χ1) is 11.5. The van der Waals surface area contributed by atoms with Crippen LogP contribution in [0.25, 0.3) is 0 Å². The number of amides is 1. The van der Waals surface area contributed by atoms with Gasteiger partial charge in [0.2, 0.25) is 5.91 Å². The van der Waals surface area contributed by atoms with Crippen molar-refractivity contribution in [1.82, 2.24) is 14.8 Å². The maximum Gasteiger partial charge on any atom is 0.227 e. The Hall–Kier alpha value is -2.28. The van der Waals surface area contributed by atoms with Gasteiger partial charge >= 0.3 is 0 Å². The van der Waals surface area contributed by atoms with Crippen LogP contribution in [-0.4, -0.2) is 26.4 Å². The monoisotopic (exact) mass is 346 g/mol. The zero-order chi connectivity index (χ0) is 17.5. The van der Waals surface area contributed by atoms with Crippen LogP contribution in [0.1, 0.15) is 31.2 Å². The van der Waals surface area contributed by atoms with E-state index < -0.39 is 5.91 Å². The van der Waals surface area contributed by atoms with Gasteiger partial charge in [0, 0.05) is 6.54 Å². The molecule has 6 nitrogen and oxygen atoms in total. The molecular weight excluding hydrogens is 324 g/mol. The van der Waals surface area contributed by atoms with Gasteiger partial charge in [-0.2, -0.15) is 0 Å². The second-order valence-corrected chi connectivity index (χ2v) is 6.51. The Labute approximate surface area is 146 Å². The van der Waals surface area contributed by atoms with Gasteiger partial charge in [-0.3, -0.25) is 9.36 Å². The molecule has 24 heavy (non-hydrogen) atoms. The first-order valence-electron chi connectivity index (χ1n) is 7.68. The summed E-state index contributed by atoms with van der Waals surface area (Å²) in [4.78, 5) is 10.9. The highest BCUT2D eigenvalue weighted by atomic mass is 32.2. The van der Waals surface area contributed by atoms with Crippen LogP contribution in [-0.2, 0) is 17.9 Å². The van der Waals surface area contributed by atoms with Gasteiger partial charge in [0.25, 0.3) is 0 Å². The Morgan fingerprint density at radius 2 is 2.08 bits per heavy atom. The Bertz CT molecular complexity index is 695. The standard InChI is InChI=1S/C17H22N4O2S/c1-4-9-21-16(19-20-17(21)24-11-15(18)22)10-23-14-7-5-13(6-8-14)12(2)3/h4-8,12H,1,9-11H2,2-3H3,(H2,18,22). The number of nitrogens with zero attached hydrogens (tertiary/aromatic N) is 3. The normalized spacial score (nSPS) is 10.8. The van der Waals surface area contributed by atoms with Crippen LogP contribution in [0, 0.1) is 0 Å². The molecule has 2 rings (SSSR count). The zero-order valence-electron chi connectivity index (χ0n) is 13.9. The number of nitrogens with two attached hydrogens (primary N) is 1. The molecule has 0 unspecified atom stereocenters. The molecule has 0 saturated carbocycles. The summed E-state index contributed by atoms with van der Waals surface area (Å²) in [5, 5.41) is 8.86. The predicted molar refractivity (Wildman–Crippen MR) is 95.0 cm³/mol. The molecule has 2 aromatic rings. The van der Waals surface area contributed by atoms with Gasteiger partial charge in [-0.1, -0.05) is 43.8 Å². The molecule has 1 amide bonds. The number of hydrogen-bond acceptors (Lipinski definition) is 5. The molecule has 1 aromatic heterocycles. The fraction of sp³-hybridized carbons (Fsp3) is 0.353. The molecule has 0 atom stereocenters. The lowest BCUT2D eigenvalue weighted by atomic mass is 10.0. The van der Waals surface area contributed by atoms with Crippen LogP contribution >= 0.6 is 11.8 Å². The molecule has 0 aliphatic heterocycles. The van der Waals surface area contributed by atoms with Crippen molar-refractivity contribution in [3.63, 3.8) is 0 Å². The second-order valence-electron chi connectivity index (χ2n) is 5.57. The van der Waals surface area contributed by atoms with E-state index in [-0.39, 0.29) is 5.75 Å². The van der Waals surface area contributed by atoms with Crippen molar-refractivity contribution < 1.29 is 9.53 Å². The minimum absolute atomic E-state index is 0.160. The molecule has 0 aliphatic carbocycles. The molecule has 0 radical (unpaired) electrons. The average molecular weight is 346 g/mol. The minimum atomic E-state index is -0.392. The molecule has 7 heteroatoms. The summed E-state index contributed by atoms with van der Waals surface area (Å²) in [7, 11) is 0. The van der Waals surface area contributed by atoms with E-state index in [4.69, 9.17) is 10.5 Å². The molecular formula is C17H22N4O2S. The van der Waals surface area contributed by atoms with E-state index in [2.05, 4.69) is 42.8 Å². The number of carbonyl (C=O) groups excluding carboxylic acids is 1. The first kappa shape index (κ1) is 18.1. The summed E-state index contributed by atoms with van der Waals surface area (Å²) in [5.41, 5.74) is 6.44. The van der Waals surface area contributed by atoms with E-state index in [1.807, 2.05) is 16.7 Å². The lowest BCUT2D eigenvalue weighted by Crippen LogP contribution is -2.14. The molecule has 128 valence electrons. The highest BCUT2D eigenvalue weighted by Gasteiger charge is 2.13. The van der Waals surface area contributed by atoms with Crippen LogP contribution in [0.4, 0.5) is 0 Å². The minimum Gasteiger partial charge on any atom is -0.486 e. The Kier molecular flexibility index (Phi) is 6.43. The Morgan fingerprint density at radius 1 is 1.38 bits per heavy atom. The van der Waals surface area contributed by atoms with E-state index in [0.717, 1.165) is 5.75 Å². The number of allylic oxidation sites excluding steroid dienone is 1. The number of benzene rings is 1. The first-order valence-corrected chi connectivity index (χ1v) is 8.66. The third-order valence-corrected chi connectivity index (χ3v) is 4.35. The van der Waals surface area contributed by atoms with Gasteiger partial charge in [0.1, 0.15) is 12.4 Å². The van der Waals surface area contributed by atoms with Gasteiger partial charge in [-0.05, 0) is 23.6 Å². The van der Waals surface area contributed by atoms with Gasteiger partial charge < -0.3 is 10.5 Å². The van der Waals surface area contributed by atoms with E-state index in [0.29, 0.717) is 30.1 Å². The van der Waals surface area contributed by atoms with Crippen molar-refractivity contribution in [1.29, 1.82) is 0 Å². The maximum absolute atomic E-state index is 10.9. The lowest BCUT2D eigenvalue weighted by Gasteiger charge is -2.10. The summed E-state index contributed by atoms with van der Waals surface area (Å²) in [5.74, 6) is 1.71. The summed E-state index contributed by atoms with van der Waals surface area (Å²) < 4.78 is 7.66. The van der Waals surface area contributed by atoms with Crippen LogP contribution in [0.15, 0.2) is 42.1 Å². The fourth-order valence-corrected chi connectivity index (χ4v) is 2.78.